The lowest BCUT2D eigenvalue weighted by molar-refractivity contribution is -0.112. The number of aryl methyl sites for hydroxylation is 1. The molecule has 0 atom stereocenters. The van der Waals surface area contributed by atoms with Crippen LogP contribution in [0.2, 0.25) is 0 Å². The number of rotatable bonds is 6. The summed E-state index contributed by atoms with van der Waals surface area (Å²) in [5, 5.41) is 14.8. The second-order valence-corrected chi connectivity index (χ2v) is 5.63. The molecule has 2 aromatic rings. The fourth-order valence-electron chi connectivity index (χ4n) is 2.26. The van der Waals surface area contributed by atoms with Crippen LogP contribution in [0.5, 0.6) is 0 Å². The van der Waals surface area contributed by atoms with E-state index in [-0.39, 0.29) is 11.4 Å². The van der Waals surface area contributed by atoms with Crippen LogP contribution in [-0.2, 0) is 11.3 Å². The molecule has 1 amide bonds. The minimum absolute atomic E-state index is 0.0409. The lowest BCUT2D eigenvalue weighted by atomic mass is 10.1. The lowest BCUT2D eigenvalue weighted by Crippen LogP contribution is -2.16. The highest BCUT2D eigenvalue weighted by atomic mass is 16.1. The van der Waals surface area contributed by atoms with Gasteiger partial charge < -0.3 is 10.6 Å². The average Bonchev–Trinajstić information content (AvgIpc) is 2.59. The third-order valence-corrected chi connectivity index (χ3v) is 3.53. The molecule has 0 aliphatic rings. The van der Waals surface area contributed by atoms with Gasteiger partial charge in [-0.15, -0.1) is 0 Å². The quantitative estimate of drug-likeness (QED) is 0.482. The summed E-state index contributed by atoms with van der Waals surface area (Å²) in [5.41, 5.74) is 3.13. The second kappa shape index (κ2) is 8.46. The minimum atomic E-state index is -0.528. The smallest absolute Gasteiger partial charge is 0.267 e. The van der Waals surface area contributed by atoms with Gasteiger partial charge in [-0.3, -0.25) is 9.59 Å². The van der Waals surface area contributed by atoms with Crippen molar-refractivity contribution >= 4 is 17.4 Å². The van der Waals surface area contributed by atoms with E-state index in [1.807, 2.05) is 37.3 Å². The fourth-order valence-corrected chi connectivity index (χ4v) is 2.26. The predicted molar refractivity (Wildman–Crippen MR) is 96.8 cm³/mol. The Morgan fingerprint density at radius 3 is 2.60 bits per heavy atom. The Bertz CT molecular complexity index is 863. The van der Waals surface area contributed by atoms with Crippen molar-refractivity contribution in [2.24, 2.45) is 0 Å². The molecule has 5 nitrogen and oxygen atoms in total. The summed E-state index contributed by atoms with van der Waals surface area (Å²) in [6, 6.07) is 16.4. The normalized spacial score (nSPS) is 10.7. The Kier molecular flexibility index (Phi) is 6.08. The molecule has 0 fully saturated rings. The van der Waals surface area contributed by atoms with E-state index in [0.717, 1.165) is 11.1 Å². The minimum Gasteiger partial charge on any atom is -0.386 e. The molecule has 0 spiro atoms. The number of nitrogens with zero attached hydrogens (tertiary/aromatic N) is 1. The lowest BCUT2D eigenvalue weighted by Gasteiger charge is -2.07. The third kappa shape index (κ3) is 5.33. The predicted octanol–water partition coefficient (Wildman–Crippen LogP) is 3.33. The zero-order valence-electron chi connectivity index (χ0n) is 14.2. The van der Waals surface area contributed by atoms with Crippen molar-refractivity contribution in [3.8, 4) is 6.07 Å². The van der Waals surface area contributed by atoms with Crippen LogP contribution in [0.1, 0.15) is 28.4 Å². The average molecular weight is 333 g/mol. The first-order chi connectivity index (χ1) is 12.0. The van der Waals surface area contributed by atoms with Crippen molar-refractivity contribution in [1.82, 2.24) is 5.32 Å². The highest BCUT2D eigenvalue weighted by Crippen LogP contribution is 2.12. The number of carbonyl (C=O) groups is 2. The molecule has 2 N–H and O–H groups in total. The van der Waals surface area contributed by atoms with Crippen LogP contribution in [-0.4, -0.2) is 11.7 Å². The van der Waals surface area contributed by atoms with Gasteiger partial charge in [0.1, 0.15) is 11.6 Å². The number of carbonyl (C=O) groups excluding carboxylic acids is 2. The molecule has 5 heteroatoms. The number of nitrogens with one attached hydrogen (secondary N) is 2. The highest BCUT2D eigenvalue weighted by Gasteiger charge is 2.10. The van der Waals surface area contributed by atoms with Crippen molar-refractivity contribution < 1.29 is 9.59 Å². The Hall–Kier alpha value is -3.39. The van der Waals surface area contributed by atoms with Crippen molar-refractivity contribution in [3.05, 3.63) is 77.0 Å². The van der Waals surface area contributed by atoms with Crippen LogP contribution in [0.4, 0.5) is 5.69 Å². The first-order valence-electron chi connectivity index (χ1n) is 7.81. The molecule has 0 unspecified atom stereocenters. The molecule has 0 aromatic heterocycles. The molecule has 126 valence electrons. The Morgan fingerprint density at radius 2 is 1.92 bits per heavy atom. The molecule has 0 saturated heterocycles. The largest absolute Gasteiger partial charge is 0.386 e. The molecular weight excluding hydrogens is 314 g/mol. The molecule has 2 aromatic carbocycles. The van der Waals surface area contributed by atoms with Crippen molar-refractivity contribution in [2.45, 2.75) is 20.4 Å². The van der Waals surface area contributed by atoms with E-state index >= 15 is 0 Å². The van der Waals surface area contributed by atoms with E-state index < -0.39 is 5.91 Å². The number of ketones is 1. The van der Waals surface area contributed by atoms with Gasteiger partial charge in [0.2, 0.25) is 0 Å². The van der Waals surface area contributed by atoms with Gasteiger partial charge in [-0.05, 0) is 31.5 Å². The first kappa shape index (κ1) is 18.0. The topological polar surface area (TPSA) is 82.0 Å². The maximum atomic E-state index is 12.2. The summed E-state index contributed by atoms with van der Waals surface area (Å²) in [5.74, 6) is -0.619. The van der Waals surface area contributed by atoms with E-state index in [1.54, 1.807) is 24.3 Å². The number of nitriles is 1. The Labute approximate surface area is 147 Å². The maximum absolute atomic E-state index is 12.2. The van der Waals surface area contributed by atoms with Gasteiger partial charge in [0.25, 0.3) is 5.91 Å². The first-order valence-corrected chi connectivity index (χ1v) is 7.81. The van der Waals surface area contributed by atoms with Crippen LogP contribution >= 0.6 is 0 Å². The number of hydrogen-bond donors (Lipinski definition) is 2. The van der Waals surface area contributed by atoms with Gasteiger partial charge in [0, 0.05) is 24.0 Å². The molecule has 2 rings (SSSR count). The second-order valence-electron chi connectivity index (χ2n) is 5.63. The summed E-state index contributed by atoms with van der Waals surface area (Å²) in [6.45, 7) is 3.97. The van der Waals surface area contributed by atoms with Crippen LogP contribution in [0.3, 0.4) is 0 Å². The van der Waals surface area contributed by atoms with Gasteiger partial charge >= 0.3 is 0 Å². The van der Waals surface area contributed by atoms with Gasteiger partial charge in [-0.1, -0.05) is 42.0 Å². The summed E-state index contributed by atoms with van der Waals surface area (Å²) in [7, 11) is 0. The third-order valence-electron chi connectivity index (χ3n) is 3.53. The van der Waals surface area contributed by atoms with Gasteiger partial charge in [0.15, 0.2) is 5.78 Å². The van der Waals surface area contributed by atoms with Gasteiger partial charge in [0.05, 0.1) is 0 Å². The number of benzene rings is 2. The van der Waals surface area contributed by atoms with Crippen LogP contribution in [0.25, 0.3) is 0 Å². The standard InChI is InChI=1S/C20H19N3O2/c1-14-5-3-6-16(9-14)12-22-13-18(11-21)20(25)23-19-8-4-7-17(10-19)15(2)24/h3-10,13,22H,12H2,1-2H3,(H,23,25)/b18-13-. The van der Waals surface area contributed by atoms with Crippen molar-refractivity contribution in [1.29, 1.82) is 5.26 Å². The fraction of sp³-hybridized carbons (Fsp3) is 0.150. The molecule has 0 aliphatic carbocycles. The van der Waals surface area contributed by atoms with Crippen LogP contribution < -0.4 is 10.6 Å². The molecule has 0 radical (unpaired) electrons. The molecule has 0 bridgehead atoms. The van der Waals surface area contributed by atoms with Crippen LogP contribution in [0, 0.1) is 18.3 Å². The molecular formula is C20H19N3O2. The maximum Gasteiger partial charge on any atom is 0.267 e. The van der Waals surface area contributed by atoms with Crippen molar-refractivity contribution in [3.63, 3.8) is 0 Å². The molecule has 25 heavy (non-hydrogen) atoms. The molecule has 0 saturated carbocycles. The number of amides is 1. The van der Waals surface area contributed by atoms with E-state index in [4.69, 9.17) is 0 Å². The Morgan fingerprint density at radius 1 is 1.16 bits per heavy atom. The van der Waals surface area contributed by atoms with E-state index in [2.05, 4.69) is 10.6 Å². The number of Topliss-reactive ketones (excluding diaryl/α,β-unsaturated/α-hetero) is 1. The number of anilines is 1. The van der Waals surface area contributed by atoms with E-state index in [0.29, 0.717) is 17.8 Å². The van der Waals surface area contributed by atoms with Gasteiger partial charge in [-0.2, -0.15) is 5.26 Å². The van der Waals surface area contributed by atoms with E-state index in [1.165, 1.54) is 13.1 Å². The number of hydrogen-bond acceptors (Lipinski definition) is 4. The zero-order valence-corrected chi connectivity index (χ0v) is 14.2. The summed E-state index contributed by atoms with van der Waals surface area (Å²) >= 11 is 0. The SMILES string of the molecule is CC(=O)c1cccc(NC(=O)/C(C#N)=C\NCc2cccc(C)c2)c1. The summed E-state index contributed by atoms with van der Waals surface area (Å²) in [6.07, 6.45) is 1.40. The van der Waals surface area contributed by atoms with Crippen LogP contribution in [0.15, 0.2) is 60.3 Å². The zero-order chi connectivity index (χ0) is 18.2. The summed E-state index contributed by atoms with van der Waals surface area (Å²) in [4.78, 5) is 23.6. The molecule has 0 aliphatic heterocycles. The van der Waals surface area contributed by atoms with Crippen molar-refractivity contribution in [2.75, 3.05) is 5.32 Å². The highest BCUT2D eigenvalue weighted by molar-refractivity contribution is 6.07. The summed E-state index contributed by atoms with van der Waals surface area (Å²) < 4.78 is 0. The van der Waals surface area contributed by atoms with E-state index in [9.17, 15) is 14.9 Å². The Balaban J connectivity index is 2.02. The van der Waals surface area contributed by atoms with Gasteiger partial charge in [-0.25, -0.2) is 0 Å². The molecule has 0 heterocycles. The monoisotopic (exact) mass is 333 g/mol.